The summed E-state index contributed by atoms with van der Waals surface area (Å²) in [5.74, 6) is -1.09. The summed E-state index contributed by atoms with van der Waals surface area (Å²) < 4.78 is 31.6. The zero-order chi connectivity index (χ0) is 19.8. The van der Waals surface area contributed by atoms with E-state index < -0.39 is 31.6 Å². The van der Waals surface area contributed by atoms with Crippen LogP contribution in [0.3, 0.4) is 0 Å². The molecule has 0 aliphatic rings. The van der Waals surface area contributed by atoms with E-state index in [1.165, 1.54) is 48.5 Å². The van der Waals surface area contributed by atoms with Crippen molar-refractivity contribution < 1.29 is 27.8 Å². The number of carbonyl (C=O) groups excluding carboxylic acids is 1. The molecule has 0 heterocycles. The van der Waals surface area contributed by atoms with Crippen LogP contribution in [0.4, 0.5) is 11.4 Å². The molecule has 138 valence electrons. The molecular weight excluding hydrogens is 376 g/mol. The number of nitrogens with zero attached hydrogens (tertiary/aromatic N) is 1. The molecule has 0 aliphatic heterocycles. The lowest BCUT2D eigenvalue weighted by molar-refractivity contribution is -0.384. The van der Waals surface area contributed by atoms with Crippen molar-refractivity contribution in [2.24, 2.45) is 0 Å². The van der Waals surface area contributed by atoms with Crippen molar-refractivity contribution >= 4 is 38.2 Å². The number of carbonyl (C=O) groups is 1. The number of phenols is 1. The van der Waals surface area contributed by atoms with Crippen LogP contribution >= 0.6 is 0 Å². The SMILES string of the molecule is O=C(Nc1ccc2c(O)c(S(=O)(=O)O)ccc2c1)c1ccc([N+](=O)[O-])cc1. The normalized spacial score (nSPS) is 11.3. The molecule has 3 aromatic carbocycles. The fourth-order valence-corrected chi connectivity index (χ4v) is 3.11. The third-order valence-electron chi connectivity index (χ3n) is 3.83. The van der Waals surface area contributed by atoms with Gasteiger partial charge in [-0.1, -0.05) is 6.07 Å². The van der Waals surface area contributed by atoms with Gasteiger partial charge in [0.25, 0.3) is 21.7 Å². The standard InChI is InChI=1S/C17H12N2O7S/c20-16-14-7-4-12(9-11(14)3-8-15(16)27(24,25)26)18-17(21)10-1-5-13(6-2-10)19(22)23/h1-9,20H,(H,18,21)(H,24,25,26). The molecule has 9 nitrogen and oxygen atoms in total. The molecule has 0 saturated heterocycles. The van der Waals surface area contributed by atoms with E-state index in [9.17, 15) is 28.4 Å². The highest BCUT2D eigenvalue weighted by molar-refractivity contribution is 7.86. The summed E-state index contributed by atoms with van der Waals surface area (Å²) in [6, 6.07) is 11.8. The molecule has 0 fully saturated rings. The minimum Gasteiger partial charge on any atom is -0.506 e. The second-order valence-electron chi connectivity index (χ2n) is 5.58. The zero-order valence-electron chi connectivity index (χ0n) is 13.5. The lowest BCUT2D eigenvalue weighted by atomic mass is 10.1. The van der Waals surface area contributed by atoms with Crippen LogP contribution in [0.1, 0.15) is 10.4 Å². The second-order valence-corrected chi connectivity index (χ2v) is 6.97. The Morgan fingerprint density at radius 2 is 1.70 bits per heavy atom. The van der Waals surface area contributed by atoms with Gasteiger partial charge in [-0.2, -0.15) is 8.42 Å². The fourth-order valence-electron chi connectivity index (χ4n) is 2.52. The number of amides is 1. The highest BCUT2D eigenvalue weighted by atomic mass is 32.2. The number of rotatable bonds is 4. The number of anilines is 1. The van der Waals surface area contributed by atoms with E-state index in [1.807, 2.05) is 0 Å². The summed E-state index contributed by atoms with van der Waals surface area (Å²) >= 11 is 0. The van der Waals surface area contributed by atoms with Gasteiger partial charge < -0.3 is 10.4 Å². The number of nitro benzene ring substituents is 1. The molecule has 0 aromatic heterocycles. The van der Waals surface area contributed by atoms with Crippen molar-refractivity contribution in [1.29, 1.82) is 0 Å². The molecule has 0 spiro atoms. The van der Waals surface area contributed by atoms with Gasteiger partial charge in [-0.15, -0.1) is 0 Å². The quantitative estimate of drug-likeness (QED) is 0.354. The molecule has 3 aromatic rings. The van der Waals surface area contributed by atoms with E-state index in [2.05, 4.69) is 5.32 Å². The number of hydrogen-bond acceptors (Lipinski definition) is 6. The highest BCUT2D eigenvalue weighted by Gasteiger charge is 2.18. The first-order valence-corrected chi connectivity index (χ1v) is 8.90. The van der Waals surface area contributed by atoms with Crippen LogP contribution in [0.2, 0.25) is 0 Å². The zero-order valence-corrected chi connectivity index (χ0v) is 14.3. The minimum absolute atomic E-state index is 0.137. The molecule has 0 radical (unpaired) electrons. The van der Waals surface area contributed by atoms with Crippen molar-refractivity contribution in [3.8, 4) is 5.75 Å². The monoisotopic (exact) mass is 388 g/mol. The van der Waals surface area contributed by atoms with Crippen LogP contribution in [-0.2, 0) is 10.1 Å². The molecule has 0 bridgehead atoms. The molecular formula is C17H12N2O7S. The van der Waals surface area contributed by atoms with Crippen LogP contribution in [0.25, 0.3) is 10.8 Å². The van der Waals surface area contributed by atoms with Gasteiger partial charge in [0, 0.05) is 28.8 Å². The van der Waals surface area contributed by atoms with Gasteiger partial charge in [0.15, 0.2) is 0 Å². The van der Waals surface area contributed by atoms with Crippen molar-refractivity contribution in [3.05, 3.63) is 70.3 Å². The van der Waals surface area contributed by atoms with E-state index in [1.54, 1.807) is 0 Å². The highest BCUT2D eigenvalue weighted by Crippen LogP contribution is 2.33. The number of aromatic hydroxyl groups is 1. The predicted octanol–water partition coefficient (Wildman–Crippen LogP) is 2.95. The van der Waals surface area contributed by atoms with E-state index >= 15 is 0 Å². The number of fused-ring (bicyclic) bond motifs is 1. The Kier molecular flexibility index (Phi) is 4.52. The van der Waals surface area contributed by atoms with Crippen LogP contribution < -0.4 is 5.32 Å². The van der Waals surface area contributed by atoms with Gasteiger partial charge in [0.1, 0.15) is 10.6 Å². The Hall–Kier alpha value is -3.50. The molecule has 1 amide bonds. The van der Waals surface area contributed by atoms with Crippen molar-refractivity contribution in [2.75, 3.05) is 5.32 Å². The maximum absolute atomic E-state index is 12.2. The molecule has 0 unspecified atom stereocenters. The van der Waals surface area contributed by atoms with Crippen LogP contribution in [0, 0.1) is 10.1 Å². The minimum atomic E-state index is -4.57. The van der Waals surface area contributed by atoms with Gasteiger partial charge in [-0.25, -0.2) is 0 Å². The molecule has 0 atom stereocenters. The summed E-state index contributed by atoms with van der Waals surface area (Å²) in [6.07, 6.45) is 0. The molecule has 0 aliphatic carbocycles. The topological polar surface area (TPSA) is 147 Å². The molecule has 0 saturated carbocycles. The van der Waals surface area contributed by atoms with E-state index in [0.717, 1.165) is 6.07 Å². The summed E-state index contributed by atoms with van der Waals surface area (Å²) in [6.45, 7) is 0. The summed E-state index contributed by atoms with van der Waals surface area (Å²) in [4.78, 5) is 21.7. The third kappa shape index (κ3) is 3.71. The largest absolute Gasteiger partial charge is 0.506 e. The number of hydrogen-bond donors (Lipinski definition) is 3. The summed E-state index contributed by atoms with van der Waals surface area (Å²) in [5, 5.41) is 23.9. The molecule has 3 N–H and O–H groups in total. The Labute approximate surface area is 152 Å². The molecule has 3 rings (SSSR count). The van der Waals surface area contributed by atoms with Gasteiger partial charge in [0.2, 0.25) is 0 Å². The Bertz CT molecular complexity index is 1170. The number of non-ortho nitro benzene ring substituents is 1. The summed E-state index contributed by atoms with van der Waals surface area (Å²) in [7, 11) is -4.57. The average Bonchev–Trinajstić information content (AvgIpc) is 2.61. The Morgan fingerprint density at radius 1 is 1.04 bits per heavy atom. The molecule has 10 heteroatoms. The number of nitro groups is 1. The number of benzene rings is 3. The van der Waals surface area contributed by atoms with E-state index in [4.69, 9.17) is 4.55 Å². The van der Waals surface area contributed by atoms with Crippen molar-refractivity contribution in [1.82, 2.24) is 0 Å². The lowest BCUT2D eigenvalue weighted by Gasteiger charge is -2.09. The predicted molar refractivity (Wildman–Crippen MR) is 96.5 cm³/mol. The smallest absolute Gasteiger partial charge is 0.298 e. The third-order valence-corrected chi connectivity index (χ3v) is 4.72. The van der Waals surface area contributed by atoms with Gasteiger partial charge in [-0.05, 0) is 41.8 Å². The Balaban J connectivity index is 1.89. The number of nitrogens with one attached hydrogen (secondary N) is 1. The van der Waals surface area contributed by atoms with Gasteiger partial charge in [0.05, 0.1) is 4.92 Å². The Morgan fingerprint density at radius 3 is 2.30 bits per heavy atom. The first-order valence-electron chi connectivity index (χ1n) is 7.46. The van der Waals surface area contributed by atoms with Crippen LogP contribution in [0.15, 0.2) is 59.5 Å². The number of phenolic OH excluding ortho intramolecular Hbond substituents is 1. The van der Waals surface area contributed by atoms with Gasteiger partial charge in [-0.3, -0.25) is 19.5 Å². The van der Waals surface area contributed by atoms with E-state index in [-0.39, 0.29) is 16.6 Å². The van der Waals surface area contributed by atoms with Gasteiger partial charge >= 0.3 is 0 Å². The molecule has 27 heavy (non-hydrogen) atoms. The first kappa shape index (κ1) is 18.3. The maximum atomic E-state index is 12.2. The fraction of sp³-hybridized carbons (Fsp3) is 0. The maximum Gasteiger partial charge on any atom is 0.298 e. The van der Waals surface area contributed by atoms with Crippen LogP contribution in [0.5, 0.6) is 5.75 Å². The van der Waals surface area contributed by atoms with E-state index in [0.29, 0.717) is 11.1 Å². The summed E-state index contributed by atoms with van der Waals surface area (Å²) in [5.41, 5.74) is 0.442. The lowest BCUT2D eigenvalue weighted by Crippen LogP contribution is -2.11. The second kappa shape index (κ2) is 6.67. The first-order chi connectivity index (χ1) is 12.7. The van der Waals surface area contributed by atoms with Crippen molar-refractivity contribution in [2.45, 2.75) is 4.90 Å². The average molecular weight is 388 g/mol. The van der Waals surface area contributed by atoms with Crippen LogP contribution in [-0.4, -0.2) is 28.9 Å². The van der Waals surface area contributed by atoms with Crippen molar-refractivity contribution in [3.63, 3.8) is 0 Å².